The maximum atomic E-state index is 12.5. The summed E-state index contributed by atoms with van der Waals surface area (Å²) in [6.07, 6.45) is -3.22. The molecule has 0 saturated carbocycles. The molecule has 8 heteroatoms. The molecule has 0 aliphatic rings. The Bertz CT molecular complexity index is 459. The van der Waals surface area contributed by atoms with Gasteiger partial charge in [-0.3, -0.25) is 5.43 Å². The fourth-order valence-electron chi connectivity index (χ4n) is 1.03. The van der Waals surface area contributed by atoms with Crippen molar-refractivity contribution in [1.29, 1.82) is 0 Å². The molecule has 0 aliphatic heterocycles. The zero-order chi connectivity index (χ0) is 13.1. The fourth-order valence-corrected chi connectivity index (χ4v) is 1.68. The second kappa shape index (κ2) is 5.46. The topological polar surface area (TPSA) is 50.4 Å². The van der Waals surface area contributed by atoms with Crippen molar-refractivity contribution in [1.82, 2.24) is 5.43 Å². The standard InChI is InChI=1S/C9H7BrF3N3S/c10-7-5(4-15-16-8(14)17)2-1-3-6(7)9(11,12)13/h1-4H,(H3,14,16,17). The van der Waals surface area contributed by atoms with Crippen LogP contribution in [0.1, 0.15) is 11.1 Å². The summed E-state index contributed by atoms with van der Waals surface area (Å²) < 4.78 is 37.6. The molecule has 0 fully saturated rings. The molecule has 17 heavy (non-hydrogen) atoms. The Morgan fingerprint density at radius 2 is 2.12 bits per heavy atom. The molecule has 0 unspecified atom stereocenters. The van der Waals surface area contributed by atoms with Crippen LogP contribution in [0.5, 0.6) is 0 Å². The van der Waals surface area contributed by atoms with Crippen molar-refractivity contribution in [2.24, 2.45) is 10.8 Å². The fraction of sp³-hybridized carbons (Fsp3) is 0.111. The maximum Gasteiger partial charge on any atom is 0.417 e. The zero-order valence-electron chi connectivity index (χ0n) is 8.25. The average molecular weight is 326 g/mol. The van der Waals surface area contributed by atoms with Crippen LogP contribution in [0.25, 0.3) is 0 Å². The molecule has 0 spiro atoms. The zero-order valence-corrected chi connectivity index (χ0v) is 10.7. The second-order valence-electron chi connectivity index (χ2n) is 2.94. The molecule has 3 nitrogen and oxygen atoms in total. The third kappa shape index (κ3) is 3.97. The minimum Gasteiger partial charge on any atom is -0.375 e. The SMILES string of the molecule is NC(=S)NN=Cc1cccc(C(F)(F)F)c1Br. The van der Waals surface area contributed by atoms with Crippen LogP contribution in [0, 0.1) is 0 Å². The summed E-state index contributed by atoms with van der Waals surface area (Å²) in [6.45, 7) is 0. The first kappa shape index (κ1) is 13.9. The largest absolute Gasteiger partial charge is 0.417 e. The van der Waals surface area contributed by atoms with Gasteiger partial charge < -0.3 is 5.73 Å². The monoisotopic (exact) mass is 325 g/mol. The van der Waals surface area contributed by atoms with E-state index in [4.69, 9.17) is 5.73 Å². The quantitative estimate of drug-likeness (QED) is 0.499. The van der Waals surface area contributed by atoms with Gasteiger partial charge in [0, 0.05) is 10.0 Å². The van der Waals surface area contributed by atoms with E-state index in [1.54, 1.807) is 0 Å². The number of nitrogens with zero attached hydrogens (tertiary/aromatic N) is 1. The predicted molar refractivity (Wildman–Crippen MR) is 66.7 cm³/mol. The summed E-state index contributed by atoms with van der Waals surface area (Å²) >= 11 is 7.37. The van der Waals surface area contributed by atoms with E-state index < -0.39 is 11.7 Å². The van der Waals surface area contributed by atoms with E-state index in [1.165, 1.54) is 18.3 Å². The van der Waals surface area contributed by atoms with Crippen molar-refractivity contribution in [3.8, 4) is 0 Å². The molecular formula is C9H7BrF3N3S. The van der Waals surface area contributed by atoms with Crippen LogP contribution in [-0.2, 0) is 6.18 Å². The molecule has 0 aliphatic carbocycles. The minimum atomic E-state index is -4.42. The van der Waals surface area contributed by atoms with E-state index >= 15 is 0 Å². The first-order valence-electron chi connectivity index (χ1n) is 4.26. The van der Waals surface area contributed by atoms with Crippen molar-refractivity contribution >= 4 is 39.5 Å². The number of hydrogen-bond donors (Lipinski definition) is 2. The number of nitrogens with one attached hydrogen (secondary N) is 1. The van der Waals surface area contributed by atoms with Crippen LogP contribution < -0.4 is 11.2 Å². The molecule has 1 aromatic rings. The number of halogens is 4. The van der Waals surface area contributed by atoms with Gasteiger partial charge in [0.05, 0.1) is 11.8 Å². The van der Waals surface area contributed by atoms with E-state index in [9.17, 15) is 13.2 Å². The van der Waals surface area contributed by atoms with Gasteiger partial charge in [-0.2, -0.15) is 18.3 Å². The van der Waals surface area contributed by atoms with E-state index in [0.29, 0.717) is 0 Å². The molecule has 0 heterocycles. The molecule has 0 bridgehead atoms. The van der Waals surface area contributed by atoms with Crippen LogP contribution in [0.4, 0.5) is 13.2 Å². The van der Waals surface area contributed by atoms with Gasteiger partial charge in [-0.05, 0) is 34.2 Å². The molecule has 1 rings (SSSR count). The van der Waals surface area contributed by atoms with E-state index in [-0.39, 0.29) is 15.1 Å². The summed E-state index contributed by atoms with van der Waals surface area (Å²) in [5, 5.41) is 3.52. The Morgan fingerprint density at radius 3 is 2.65 bits per heavy atom. The van der Waals surface area contributed by atoms with Crippen LogP contribution in [0.3, 0.4) is 0 Å². The van der Waals surface area contributed by atoms with E-state index in [1.807, 2.05) is 0 Å². The van der Waals surface area contributed by atoms with Crippen LogP contribution >= 0.6 is 28.1 Å². The Hall–Kier alpha value is -1.15. The third-order valence-electron chi connectivity index (χ3n) is 1.71. The summed E-state index contributed by atoms with van der Waals surface area (Å²) in [5.74, 6) is 0. The lowest BCUT2D eigenvalue weighted by molar-refractivity contribution is -0.138. The Labute approximate surface area is 109 Å². The Morgan fingerprint density at radius 1 is 1.47 bits per heavy atom. The average Bonchev–Trinajstić information content (AvgIpc) is 2.18. The third-order valence-corrected chi connectivity index (χ3v) is 2.69. The molecule has 0 aromatic heterocycles. The van der Waals surface area contributed by atoms with Gasteiger partial charge in [-0.15, -0.1) is 0 Å². The normalized spacial score (nSPS) is 11.8. The number of rotatable bonds is 2. The van der Waals surface area contributed by atoms with E-state index in [2.05, 4.69) is 38.7 Å². The molecule has 1 aromatic carbocycles. The van der Waals surface area contributed by atoms with Crippen LogP contribution in [0.2, 0.25) is 0 Å². The van der Waals surface area contributed by atoms with Gasteiger partial charge in [0.1, 0.15) is 0 Å². The summed E-state index contributed by atoms with van der Waals surface area (Å²) in [7, 11) is 0. The van der Waals surface area contributed by atoms with Crippen molar-refractivity contribution < 1.29 is 13.2 Å². The number of benzene rings is 1. The highest BCUT2D eigenvalue weighted by atomic mass is 79.9. The van der Waals surface area contributed by atoms with Gasteiger partial charge in [-0.1, -0.05) is 12.1 Å². The van der Waals surface area contributed by atoms with Crippen molar-refractivity contribution in [3.05, 3.63) is 33.8 Å². The van der Waals surface area contributed by atoms with Crippen LogP contribution in [0.15, 0.2) is 27.8 Å². The van der Waals surface area contributed by atoms with Gasteiger partial charge in [0.15, 0.2) is 5.11 Å². The molecule has 3 N–H and O–H groups in total. The van der Waals surface area contributed by atoms with Crippen molar-refractivity contribution in [2.75, 3.05) is 0 Å². The van der Waals surface area contributed by atoms with Crippen molar-refractivity contribution in [3.63, 3.8) is 0 Å². The molecule has 0 radical (unpaired) electrons. The number of alkyl halides is 3. The number of hydrazone groups is 1. The summed E-state index contributed by atoms with van der Waals surface area (Å²) in [4.78, 5) is 0. The highest BCUT2D eigenvalue weighted by Gasteiger charge is 2.33. The van der Waals surface area contributed by atoms with Gasteiger partial charge in [0.2, 0.25) is 0 Å². The highest BCUT2D eigenvalue weighted by Crippen LogP contribution is 2.35. The first-order valence-corrected chi connectivity index (χ1v) is 5.46. The maximum absolute atomic E-state index is 12.5. The lowest BCUT2D eigenvalue weighted by atomic mass is 10.1. The van der Waals surface area contributed by atoms with Gasteiger partial charge in [-0.25, -0.2) is 0 Å². The number of hydrogen-bond acceptors (Lipinski definition) is 2. The Balaban J connectivity index is 3.03. The van der Waals surface area contributed by atoms with Gasteiger partial charge >= 0.3 is 6.18 Å². The molecular weight excluding hydrogens is 319 g/mol. The predicted octanol–water partition coefficient (Wildman–Crippen LogP) is 2.64. The second-order valence-corrected chi connectivity index (χ2v) is 4.17. The van der Waals surface area contributed by atoms with Gasteiger partial charge in [0.25, 0.3) is 0 Å². The minimum absolute atomic E-state index is 0.0654. The van der Waals surface area contributed by atoms with E-state index in [0.717, 1.165) is 6.07 Å². The smallest absolute Gasteiger partial charge is 0.375 e. The molecule has 92 valence electrons. The summed E-state index contributed by atoms with van der Waals surface area (Å²) in [5.41, 5.74) is 6.86. The number of nitrogens with two attached hydrogens (primary N) is 1. The lowest BCUT2D eigenvalue weighted by Crippen LogP contribution is -2.24. The lowest BCUT2D eigenvalue weighted by Gasteiger charge is -2.10. The Kier molecular flexibility index (Phi) is 4.47. The number of thiocarbonyl (C=S) groups is 1. The van der Waals surface area contributed by atoms with Crippen LogP contribution in [-0.4, -0.2) is 11.3 Å². The molecule has 0 amide bonds. The van der Waals surface area contributed by atoms with Crippen molar-refractivity contribution in [2.45, 2.75) is 6.18 Å². The highest BCUT2D eigenvalue weighted by molar-refractivity contribution is 9.10. The molecule has 0 saturated heterocycles. The first-order chi connectivity index (χ1) is 7.82. The summed E-state index contributed by atoms with van der Waals surface area (Å²) in [6, 6.07) is 3.74. The molecule has 0 atom stereocenters.